The van der Waals surface area contributed by atoms with E-state index in [4.69, 9.17) is 0 Å². The predicted molar refractivity (Wildman–Crippen MR) is 51.3 cm³/mol. The molecule has 0 saturated carbocycles. The van der Waals surface area contributed by atoms with Crippen LogP contribution in [0.2, 0.25) is 0 Å². The van der Waals surface area contributed by atoms with E-state index in [0.29, 0.717) is 0 Å². The van der Waals surface area contributed by atoms with Gasteiger partial charge in [-0.1, -0.05) is 0 Å². The molecular weight excluding hydrogens is 363 g/mol. The van der Waals surface area contributed by atoms with Gasteiger partial charge in [0.1, 0.15) is 8.30 Å². The van der Waals surface area contributed by atoms with Gasteiger partial charge in [-0.3, -0.25) is 0 Å². The van der Waals surface area contributed by atoms with Crippen LogP contribution < -0.4 is 0 Å². The van der Waals surface area contributed by atoms with Crippen LogP contribution in [0.3, 0.4) is 0 Å². The van der Waals surface area contributed by atoms with Gasteiger partial charge in [-0.25, -0.2) is 4.98 Å². The van der Waals surface area contributed by atoms with Crippen LogP contribution >= 0.6 is 54.5 Å². The van der Waals surface area contributed by atoms with E-state index in [1.165, 1.54) is 0 Å². The molecule has 0 N–H and O–H groups in total. The van der Waals surface area contributed by atoms with E-state index < -0.39 is 0 Å². The second-order valence-corrected chi connectivity index (χ2v) is 4.00. The molecule has 0 spiro atoms. The molecule has 1 heterocycles. The first-order chi connectivity index (χ1) is 4.13. The summed E-state index contributed by atoms with van der Waals surface area (Å²) < 4.78 is 4.78. The average Bonchev–Trinajstić information content (AvgIpc) is 1.98. The first-order valence-electron chi connectivity index (χ1n) is 2.16. The van der Waals surface area contributed by atoms with Crippen molar-refractivity contribution in [2.24, 2.45) is 7.05 Å². The first-order valence-corrected chi connectivity index (χ1v) is 4.82. The molecule has 0 amide bonds. The first kappa shape index (κ1) is 8.00. The minimum atomic E-state index is 0.846. The molecule has 0 saturated heterocycles. The van der Waals surface area contributed by atoms with Gasteiger partial charge in [-0.05, 0) is 54.5 Å². The Labute approximate surface area is 83.4 Å². The standard InChI is InChI=1S/C4H3Br2IN2/c1-9-3(7)2(5)8-4(9)6/h1H3. The summed E-state index contributed by atoms with van der Waals surface area (Å²) in [6, 6.07) is 0. The van der Waals surface area contributed by atoms with Crippen molar-refractivity contribution in [1.82, 2.24) is 9.55 Å². The van der Waals surface area contributed by atoms with Crippen molar-refractivity contribution in [1.29, 1.82) is 0 Å². The van der Waals surface area contributed by atoms with Crippen LogP contribution in [0.25, 0.3) is 0 Å². The van der Waals surface area contributed by atoms with Crippen LogP contribution in [0.4, 0.5) is 0 Å². The van der Waals surface area contributed by atoms with Gasteiger partial charge in [0, 0.05) is 7.05 Å². The zero-order valence-corrected chi connectivity index (χ0v) is 9.86. The monoisotopic (exact) mass is 364 g/mol. The molecule has 0 unspecified atom stereocenters. The van der Waals surface area contributed by atoms with Crippen LogP contribution in [-0.4, -0.2) is 9.55 Å². The van der Waals surface area contributed by atoms with E-state index >= 15 is 0 Å². The zero-order valence-electron chi connectivity index (χ0n) is 4.53. The zero-order chi connectivity index (χ0) is 7.02. The summed E-state index contributed by atoms with van der Waals surface area (Å²) in [5, 5.41) is 0. The molecule has 0 atom stereocenters. The fourth-order valence-electron chi connectivity index (χ4n) is 0.422. The highest BCUT2D eigenvalue weighted by molar-refractivity contribution is 14.1. The largest absolute Gasteiger partial charge is 0.316 e. The Balaban J connectivity index is 3.29. The van der Waals surface area contributed by atoms with Crippen molar-refractivity contribution in [3.8, 4) is 0 Å². The number of rotatable bonds is 0. The third kappa shape index (κ3) is 1.48. The van der Waals surface area contributed by atoms with Gasteiger partial charge >= 0.3 is 0 Å². The van der Waals surface area contributed by atoms with Crippen molar-refractivity contribution >= 4 is 54.5 Å². The fraction of sp³-hybridized carbons (Fsp3) is 0.250. The molecule has 0 aliphatic carbocycles. The summed E-state index contributed by atoms with van der Waals surface area (Å²) >= 11 is 8.79. The molecule has 0 aromatic carbocycles. The summed E-state index contributed by atoms with van der Waals surface area (Å²) in [7, 11) is 1.95. The molecule has 50 valence electrons. The third-order valence-electron chi connectivity index (χ3n) is 0.932. The summed E-state index contributed by atoms with van der Waals surface area (Å²) in [4.78, 5) is 4.10. The lowest BCUT2D eigenvalue weighted by Crippen LogP contribution is -1.89. The summed E-state index contributed by atoms with van der Waals surface area (Å²) in [6.45, 7) is 0. The van der Waals surface area contributed by atoms with Crippen LogP contribution in [0, 0.1) is 3.70 Å². The van der Waals surface area contributed by atoms with E-state index in [-0.39, 0.29) is 0 Å². The highest BCUT2D eigenvalue weighted by Gasteiger charge is 2.05. The number of imidazole rings is 1. The Bertz CT molecular complexity index is 210. The lowest BCUT2D eigenvalue weighted by atomic mass is 10.9. The number of hydrogen-bond donors (Lipinski definition) is 0. The Morgan fingerprint density at radius 2 is 2.11 bits per heavy atom. The maximum Gasteiger partial charge on any atom is 0.178 e. The minimum Gasteiger partial charge on any atom is -0.316 e. The second-order valence-electron chi connectivity index (χ2n) is 1.52. The molecule has 0 bridgehead atoms. The van der Waals surface area contributed by atoms with Gasteiger partial charge in [0.15, 0.2) is 4.73 Å². The molecule has 0 fully saturated rings. The smallest absolute Gasteiger partial charge is 0.178 e. The highest BCUT2D eigenvalue weighted by Crippen LogP contribution is 2.21. The van der Waals surface area contributed by atoms with Crippen molar-refractivity contribution in [3.05, 3.63) is 13.0 Å². The van der Waals surface area contributed by atoms with E-state index in [2.05, 4.69) is 59.4 Å². The fourth-order valence-corrected chi connectivity index (χ4v) is 2.13. The van der Waals surface area contributed by atoms with Crippen molar-refractivity contribution in [2.75, 3.05) is 0 Å². The van der Waals surface area contributed by atoms with E-state index in [1.54, 1.807) is 0 Å². The number of hydrogen-bond acceptors (Lipinski definition) is 1. The summed E-state index contributed by atoms with van der Waals surface area (Å²) in [6.07, 6.45) is 0. The van der Waals surface area contributed by atoms with Gasteiger partial charge in [-0.2, -0.15) is 0 Å². The van der Waals surface area contributed by atoms with Crippen molar-refractivity contribution in [2.45, 2.75) is 0 Å². The maximum absolute atomic E-state index is 4.10. The number of aromatic nitrogens is 2. The van der Waals surface area contributed by atoms with E-state index in [9.17, 15) is 0 Å². The highest BCUT2D eigenvalue weighted by atomic mass is 127. The molecular formula is C4H3Br2IN2. The van der Waals surface area contributed by atoms with Crippen molar-refractivity contribution in [3.63, 3.8) is 0 Å². The molecule has 2 nitrogen and oxygen atoms in total. The maximum atomic E-state index is 4.10. The van der Waals surface area contributed by atoms with Gasteiger partial charge in [0.25, 0.3) is 0 Å². The van der Waals surface area contributed by atoms with Crippen LogP contribution in [-0.2, 0) is 7.05 Å². The molecule has 1 rings (SSSR count). The Morgan fingerprint density at radius 1 is 1.56 bits per heavy atom. The SMILES string of the molecule is Cn1c(Br)nc(Br)c1I. The topological polar surface area (TPSA) is 17.8 Å². The van der Waals surface area contributed by atoms with Gasteiger partial charge in [-0.15, -0.1) is 0 Å². The molecule has 5 heteroatoms. The number of halogens is 3. The number of nitrogens with zero attached hydrogens (tertiary/aromatic N) is 2. The predicted octanol–water partition coefficient (Wildman–Crippen LogP) is 2.55. The molecule has 1 aromatic heterocycles. The molecule has 0 radical (unpaired) electrons. The quantitative estimate of drug-likeness (QED) is 0.646. The summed E-state index contributed by atoms with van der Waals surface area (Å²) in [5.41, 5.74) is 0. The van der Waals surface area contributed by atoms with Crippen molar-refractivity contribution < 1.29 is 0 Å². The average molecular weight is 366 g/mol. The van der Waals surface area contributed by atoms with Gasteiger partial charge in [0.05, 0.1) is 0 Å². The Hall–Kier alpha value is 0.900. The van der Waals surface area contributed by atoms with E-state index in [1.807, 2.05) is 11.6 Å². The van der Waals surface area contributed by atoms with Gasteiger partial charge < -0.3 is 4.57 Å². The Kier molecular flexibility index (Phi) is 2.56. The minimum absolute atomic E-state index is 0.846. The molecule has 0 aliphatic rings. The normalized spacial score (nSPS) is 10.2. The third-order valence-corrected chi connectivity index (χ3v) is 4.17. The lowest BCUT2D eigenvalue weighted by molar-refractivity contribution is 0.858. The van der Waals surface area contributed by atoms with Crippen LogP contribution in [0.5, 0.6) is 0 Å². The van der Waals surface area contributed by atoms with Crippen LogP contribution in [0.15, 0.2) is 9.34 Å². The lowest BCUT2D eigenvalue weighted by Gasteiger charge is -1.91. The molecule has 9 heavy (non-hydrogen) atoms. The summed E-state index contributed by atoms with van der Waals surface area (Å²) in [5.74, 6) is 0. The Morgan fingerprint density at radius 3 is 2.22 bits per heavy atom. The van der Waals surface area contributed by atoms with E-state index in [0.717, 1.165) is 13.0 Å². The molecule has 0 aliphatic heterocycles. The van der Waals surface area contributed by atoms with Gasteiger partial charge in [0.2, 0.25) is 0 Å². The second kappa shape index (κ2) is 2.87. The molecule has 1 aromatic rings. The van der Waals surface area contributed by atoms with Crippen LogP contribution in [0.1, 0.15) is 0 Å².